The number of halogens is 1. The summed E-state index contributed by atoms with van der Waals surface area (Å²) in [6.07, 6.45) is 5.06. The van der Waals surface area contributed by atoms with Gasteiger partial charge >= 0.3 is 0 Å². The summed E-state index contributed by atoms with van der Waals surface area (Å²) in [6, 6.07) is 2.20. The summed E-state index contributed by atoms with van der Waals surface area (Å²) in [5, 5.41) is 8.90. The topological polar surface area (TPSA) is 79.2 Å². The monoisotopic (exact) mass is 411 g/mol. The first-order chi connectivity index (χ1) is 12.7. The first-order valence-electron chi connectivity index (χ1n) is 9.37. The molecule has 2 aliphatic heterocycles. The van der Waals surface area contributed by atoms with E-state index in [0.29, 0.717) is 24.8 Å². The molecule has 10 heteroatoms. The fourth-order valence-corrected chi connectivity index (χ4v) is 4.30. The van der Waals surface area contributed by atoms with Gasteiger partial charge in [0.05, 0.1) is 6.04 Å². The van der Waals surface area contributed by atoms with Crippen molar-refractivity contribution in [2.24, 2.45) is 0 Å². The van der Waals surface area contributed by atoms with Crippen molar-refractivity contribution < 1.29 is 4.79 Å². The highest BCUT2D eigenvalue weighted by Gasteiger charge is 2.26. The van der Waals surface area contributed by atoms with Crippen LogP contribution in [-0.4, -0.2) is 69.2 Å². The summed E-state index contributed by atoms with van der Waals surface area (Å²) >= 11 is 1.45. The molecule has 0 aliphatic carbocycles. The number of anilines is 1. The molecule has 148 valence electrons. The lowest BCUT2D eigenvalue weighted by Crippen LogP contribution is -2.49. The van der Waals surface area contributed by atoms with Gasteiger partial charge in [0.2, 0.25) is 5.13 Å². The Labute approximate surface area is 169 Å². The maximum atomic E-state index is 12.8. The third-order valence-electron chi connectivity index (χ3n) is 5.08. The van der Waals surface area contributed by atoms with Gasteiger partial charge in [0.15, 0.2) is 0 Å². The van der Waals surface area contributed by atoms with Crippen LogP contribution < -0.4 is 10.2 Å². The van der Waals surface area contributed by atoms with Crippen molar-refractivity contribution in [1.82, 2.24) is 29.4 Å². The van der Waals surface area contributed by atoms with Gasteiger partial charge in [-0.25, -0.2) is 4.98 Å². The molecule has 1 amide bonds. The van der Waals surface area contributed by atoms with E-state index in [1.807, 2.05) is 21.8 Å². The molecule has 2 aromatic heterocycles. The number of piperidine rings is 1. The van der Waals surface area contributed by atoms with Crippen molar-refractivity contribution >= 4 is 35.0 Å². The van der Waals surface area contributed by atoms with Gasteiger partial charge in [0, 0.05) is 56.9 Å². The summed E-state index contributed by atoms with van der Waals surface area (Å²) in [5.41, 5.74) is 0.549. The summed E-state index contributed by atoms with van der Waals surface area (Å²) in [4.78, 5) is 21.4. The number of aromatic nitrogens is 4. The van der Waals surface area contributed by atoms with Crippen LogP contribution in [0.2, 0.25) is 0 Å². The molecule has 2 aliphatic rings. The molecule has 1 unspecified atom stereocenters. The zero-order valence-corrected chi connectivity index (χ0v) is 17.1. The number of nitrogens with zero attached hydrogens (tertiary/aromatic N) is 6. The molecule has 2 aromatic rings. The molecule has 2 saturated heterocycles. The van der Waals surface area contributed by atoms with Crippen LogP contribution >= 0.6 is 23.9 Å². The van der Waals surface area contributed by atoms with Gasteiger partial charge < -0.3 is 15.1 Å². The first kappa shape index (κ1) is 20.0. The molecule has 1 atom stereocenters. The highest BCUT2D eigenvalue weighted by molar-refractivity contribution is 7.09. The highest BCUT2D eigenvalue weighted by atomic mass is 35.5. The summed E-state index contributed by atoms with van der Waals surface area (Å²) in [6.45, 7) is 7.02. The zero-order chi connectivity index (χ0) is 17.9. The van der Waals surface area contributed by atoms with E-state index in [4.69, 9.17) is 0 Å². The Kier molecular flexibility index (Phi) is 6.67. The predicted molar refractivity (Wildman–Crippen MR) is 108 cm³/mol. The normalized spacial score (nSPS) is 20.4. The van der Waals surface area contributed by atoms with E-state index < -0.39 is 0 Å². The van der Waals surface area contributed by atoms with Crippen molar-refractivity contribution in [2.45, 2.75) is 32.2 Å². The number of hydrogen-bond donors (Lipinski definition) is 1. The smallest absolute Gasteiger partial charge is 0.274 e. The molecule has 0 spiro atoms. The molecule has 4 heterocycles. The Morgan fingerprint density at radius 3 is 2.81 bits per heavy atom. The second kappa shape index (κ2) is 8.99. The first-order valence-corrected chi connectivity index (χ1v) is 10.1. The standard InChI is InChI=1S/C17H25N7OS.ClH/c1-2-15-19-17(26-21-15)23-10-8-22(9-11-23)16(25)14-5-7-24(20-14)13-4-3-6-18-12-13;/h5,7,13,18H,2-4,6,8-12H2,1H3;1H. The van der Waals surface area contributed by atoms with Crippen LogP contribution in [0.15, 0.2) is 12.3 Å². The van der Waals surface area contributed by atoms with Crippen LogP contribution in [0, 0.1) is 0 Å². The number of carbonyl (C=O) groups is 1. The van der Waals surface area contributed by atoms with E-state index in [1.54, 1.807) is 0 Å². The second-order valence-electron chi connectivity index (χ2n) is 6.81. The number of nitrogens with one attached hydrogen (secondary N) is 1. The minimum Gasteiger partial charge on any atom is -0.343 e. The van der Waals surface area contributed by atoms with E-state index in [-0.39, 0.29) is 18.3 Å². The van der Waals surface area contributed by atoms with Crippen LogP contribution in [0.1, 0.15) is 42.1 Å². The van der Waals surface area contributed by atoms with E-state index in [0.717, 1.165) is 56.4 Å². The lowest BCUT2D eigenvalue weighted by Gasteiger charge is -2.34. The SMILES string of the molecule is CCc1nsc(N2CCN(C(=O)c3ccn(C4CCCNC4)n3)CC2)n1.Cl. The van der Waals surface area contributed by atoms with Crippen LogP contribution in [-0.2, 0) is 6.42 Å². The molecule has 0 saturated carbocycles. The van der Waals surface area contributed by atoms with Crippen molar-refractivity contribution in [1.29, 1.82) is 0 Å². The van der Waals surface area contributed by atoms with Gasteiger partial charge in [0.25, 0.3) is 5.91 Å². The van der Waals surface area contributed by atoms with E-state index in [2.05, 4.69) is 31.6 Å². The second-order valence-corrected chi connectivity index (χ2v) is 7.54. The van der Waals surface area contributed by atoms with E-state index in [9.17, 15) is 4.79 Å². The van der Waals surface area contributed by atoms with Gasteiger partial charge in [-0.15, -0.1) is 12.4 Å². The third-order valence-corrected chi connectivity index (χ3v) is 5.90. The number of rotatable bonds is 4. The average Bonchev–Trinajstić information content (AvgIpc) is 3.38. The lowest BCUT2D eigenvalue weighted by molar-refractivity contribution is 0.0739. The van der Waals surface area contributed by atoms with Gasteiger partial charge in [-0.2, -0.15) is 9.47 Å². The van der Waals surface area contributed by atoms with Crippen LogP contribution in [0.4, 0.5) is 5.13 Å². The van der Waals surface area contributed by atoms with Crippen molar-refractivity contribution in [3.8, 4) is 0 Å². The van der Waals surface area contributed by atoms with Gasteiger partial charge in [-0.05, 0) is 25.5 Å². The van der Waals surface area contributed by atoms with E-state index >= 15 is 0 Å². The Hall–Kier alpha value is -1.71. The lowest BCUT2D eigenvalue weighted by atomic mass is 10.1. The minimum atomic E-state index is 0. The number of carbonyl (C=O) groups excluding carboxylic acids is 1. The Morgan fingerprint density at radius 1 is 1.33 bits per heavy atom. The van der Waals surface area contributed by atoms with Crippen molar-refractivity contribution in [2.75, 3.05) is 44.2 Å². The fourth-order valence-electron chi connectivity index (χ4n) is 3.49. The quantitative estimate of drug-likeness (QED) is 0.823. The largest absolute Gasteiger partial charge is 0.343 e. The van der Waals surface area contributed by atoms with Crippen LogP contribution in [0.3, 0.4) is 0 Å². The number of amides is 1. The van der Waals surface area contributed by atoms with E-state index in [1.165, 1.54) is 11.5 Å². The molecule has 0 bridgehead atoms. The maximum absolute atomic E-state index is 12.8. The summed E-state index contributed by atoms with van der Waals surface area (Å²) in [7, 11) is 0. The molecular weight excluding hydrogens is 386 g/mol. The van der Waals surface area contributed by atoms with Gasteiger partial charge in [-0.3, -0.25) is 9.48 Å². The zero-order valence-electron chi connectivity index (χ0n) is 15.5. The molecule has 8 nitrogen and oxygen atoms in total. The average molecular weight is 412 g/mol. The number of aryl methyl sites for hydroxylation is 1. The molecule has 1 N–H and O–H groups in total. The number of hydrogen-bond acceptors (Lipinski definition) is 7. The number of piperazine rings is 1. The summed E-state index contributed by atoms with van der Waals surface area (Å²) in [5.74, 6) is 0.921. The Balaban J connectivity index is 0.00000210. The fraction of sp³-hybridized carbons (Fsp3) is 0.647. The Morgan fingerprint density at radius 2 is 2.15 bits per heavy atom. The molecule has 0 radical (unpaired) electrons. The third kappa shape index (κ3) is 4.41. The Bertz CT molecular complexity index is 750. The predicted octanol–water partition coefficient (Wildman–Crippen LogP) is 1.61. The maximum Gasteiger partial charge on any atom is 0.274 e. The van der Waals surface area contributed by atoms with Crippen LogP contribution in [0.25, 0.3) is 0 Å². The van der Waals surface area contributed by atoms with Gasteiger partial charge in [0.1, 0.15) is 11.5 Å². The molecular formula is C17H26ClN7OS. The van der Waals surface area contributed by atoms with Crippen molar-refractivity contribution in [3.63, 3.8) is 0 Å². The molecule has 27 heavy (non-hydrogen) atoms. The molecule has 2 fully saturated rings. The molecule has 4 rings (SSSR count). The van der Waals surface area contributed by atoms with Crippen LogP contribution in [0.5, 0.6) is 0 Å². The van der Waals surface area contributed by atoms with Crippen molar-refractivity contribution in [3.05, 3.63) is 23.8 Å². The highest BCUT2D eigenvalue weighted by Crippen LogP contribution is 2.20. The minimum absolute atomic E-state index is 0. The summed E-state index contributed by atoms with van der Waals surface area (Å²) < 4.78 is 6.30. The van der Waals surface area contributed by atoms with Gasteiger partial charge in [-0.1, -0.05) is 6.92 Å². The molecule has 0 aromatic carbocycles.